The monoisotopic (exact) mass is 281 g/mol. The second-order valence-electron chi connectivity index (χ2n) is 4.62. The SMILES string of the molecule is Cc1c(Cl)cccc1C(=O)c1cccc2cccnc12. The summed E-state index contributed by atoms with van der Waals surface area (Å²) >= 11 is 6.10. The van der Waals surface area contributed by atoms with Crippen molar-refractivity contribution in [3.63, 3.8) is 0 Å². The molecule has 0 aliphatic rings. The number of pyridine rings is 1. The van der Waals surface area contributed by atoms with E-state index < -0.39 is 0 Å². The number of aromatic nitrogens is 1. The van der Waals surface area contributed by atoms with Crippen LogP contribution in [-0.2, 0) is 0 Å². The van der Waals surface area contributed by atoms with Crippen molar-refractivity contribution in [1.82, 2.24) is 4.98 Å². The van der Waals surface area contributed by atoms with Gasteiger partial charge in [-0.1, -0.05) is 41.9 Å². The van der Waals surface area contributed by atoms with Crippen LogP contribution >= 0.6 is 11.6 Å². The molecule has 0 atom stereocenters. The molecule has 3 rings (SSSR count). The average Bonchev–Trinajstić information content (AvgIpc) is 2.49. The zero-order valence-corrected chi connectivity index (χ0v) is 11.7. The Morgan fingerprint density at radius 3 is 2.55 bits per heavy atom. The number of carbonyl (C=O) groups excluding carboxylic acids is 1. The minimum atomic E-state index is -0.0469. The second-order valence-corrected chi connectivity index (χ2v) is 5.03. The lowest BCUT2D eigenvalue weighted by molar-refractivity contribution is 0.103. The van der Waals surface area contributed by atoms with Crippen molar-refractivity contribution in [3.05, 3.63) is 76.4 Å². The van der Waals surface area contributed by atoms with Crippen molar-refractivity contribution in [2.75, 3.05) is 0 Å². The number of carbonyl (C=O) groups is 1. The van der Waals surface area contributed by atoms with Crippen molar-refractivity contribution >= 4 is 28.3 Å². The molecule has 0 aliphatic carbocycles. The third-order valence-electron chi connectivity index (χ3n) is 3.39. The van der Waals surface area contributed by atoms with E-state index in [1.807, 2.05) is 31.2 Å². The second kappa shape index (κ2) is 5.06. The first-order chi connectivity index (χ1) is 9.68. The van der Waals surface area contributed by atoms with Gasteiger partial charge in [0.1, 0.15) is 0 Å². The molecule has 2 aromatic carbocycles. The summed E-state index contributed by atoms with van der Waals surface area (Å²) in [6.45, 7) is 1.86. The van der Waals surface area contributed by atoms with Crippen LogP contribution in [0.4, 0.5) is 0 Å². The lowest BCUT2D eigenvalue weighted by Crippen LogP contribution is -2.05. The Labute approximate surface area is 122 Å². The zero-order valence-electron chi connectivity index (χ0n) is 10.9. The number of hydrogen-bond acceptors (Lipinski definition) is 2. The summed E-state index contributed by atoms with van der Waals surface area (Å²) in [7, 11) is 0. The summed E-state index contributed by atoms with van der Waals surface area (Å²) in [5.41, 5.74) is 2.75. The molecule has 0 saturated heterocycles. The third kappa shape index (κ3) is 2.08. The highest BCUT2D eigenvalue weighted by Gasteiger charge is 2.16. The van der Waals surface area contributed by atoms with Crippen molar-refractivity contribution in [1.29, 1.82) is 0 Å². The van der Waals surface area contributed by atoms with Gasteiger partial charge in [0, 0.05) is 27.7 Å². The maximum Gasteiger partial charge on any atom is 0.195 e. The van der Waals surface area contributed by atoms with Crippen molar-refractivity contribution in [2.24, 2.45) is 0 Å². The van der Waals surface area contributed by atoms with Gasteiger partial charge in [-0.15, -0.1) is 0 Å². The summed E-state index contributed by atoms with van der Waals surface area (Å²) in [6.07, 6.45) is 1.70. The maximum atomic E-state index is 12.7. The van der Waals surface area contributed by atoms with E-state index in [1.165, 1.54) is 0 Å². The van der Waals surface area contributed by atoms with Crippen LogP contribution in [0.1, 0.15) is 21.5 Å². The van der Waals surface area contributed by atoms with E-state index in [1.54, 1.807) is 30.5 Å². The van der Waals surface area contributed by atoms with Gasteiger partial charge >= 0.3 is 0 Å². The predicted molar refractivity (Wildman–Crippen MR) is 81.4 cm³/mol. The van der Waals surface area contributed by atoms with Gasteiger partial charge in [-0.25, -0.2) is 0 Å². The number of halogens is 1. The Balaban J connectivity index is 2.21. The Hall–Kier alpha value is -2.19. The molecule has 0 fully saturated rings. The lowest BCUT2D eigenvalue weighted by atomic mass is 9.97. The van der Waals surface area contributed by atoms with Gasteiger partial charge in [0.15, 0.2) is 5.78 Å². The highest BCUT2D eigenvalue weighted by molar-refractivity contribution is 6.32. The molecule has 3 aromatic rings. The molecule has 0 saturated carbocycles. The van der Waals surface area contributed by atoms with E-state index in [4.69, 9.17) is 11.6 Å². The van der Waals surface area contributed by atoms with Crippen LogP contribution in [-0.4, -0.2) is 10.8 Å². The summed E-state index contributed by atoms with van der Waals surface area (Å²) in [6, 6.07) is 14.8. The molecular weight excluding hydrogens is 270 g/mol. The van der Waals surface area contributed by atoms with Crippen LogP contribution in [0, 0.1) is 6.92 Å². The minimum Gasteiger partial charge on any atom is -0.289 e. The molecule has 0 aliphatic heterocycles. The van der Waals surface area contributed by atoms with E-state index in [9.17, 15) is 4.79 Å². The van der Waals surface area contributed by atoms with Gasteiger partial charge in [-0.2, -0.15) is 0 Å². The molecule has 0 amide bonds. The number of hydrogen-bond donors (Lipinski definition) is 0. The fourth-order valence-corrected chi connectivity index (χ4v) is 2.46. The van der Waals surface area contributed by atoms with Crippen molar-refractivity contribution in [2.45, 2.75) is 6.92 Å². The van der Waals surface area contributed by atoms with Crippen LogP contribution in [0.2, 0.25) is 5.02 Å². The topological polar surface area (TPSA) is 30.0 Å². The minimum absolute atomic E-state index is 0.0469. The Kier molecular flexibility index (Phi) is 3.25. The molecule has 0 spiro atoms. The van der Waals surface area contributed by atoms with E-state index in [-0.39, 0.29) is 5.78 Å². The van der Waals surface area contributed by atoms with E-state index in [0.717, 1.165) is 16.5 Å². The number of nitrogens with zero attached hydrogens (tertiary/aromatic N) is 1. The van der Waals surface area contributed by atoms with Crippen LogP contribution in [0.15, 0.2) is 54.7 Å². The number of benzene rings is 2. The molecule has 0 N–H and O–H groups in total. The Bertz CT molecular complexity index is 806. The quantitative estimate of drug-likeness (QED) is 0.651. The number of rotatable bonds is 2. The van der Waals surface area contributed by atoms with Crippen LogP contribution in [0.5, 0.6) is 0 Å². The van der Waals surface area contributed by atoms with Crippen molar-refractivity contribution in [3.8, 4) is 0 Å². The molecule has 2 nitrogen and oxygen atoms in total. The summed E-state index contributed by atoms with van der Waals surface area (Å²) < 4.78 is 0. The molecule has 20 heavy (non-hydrogen) atoms. The van der Waals surface area contributed by atoms with Gasteiger partial charge in [0.25, 0.3) is 0 Å². The summed E-state index contributed by atoms with van der Waals surface area (Å²) in [4.78, 5) is 17.1. The average molecular weight is 282 g/mol. The number of para-hydroxylation sites is 1. The van der Waals surface area contributed by atoms with Gasteiger partial charge in [-0.05, 0) is 30.7 Å². The zero-order chi connectivity index (χ0) is 14.1. The highest BCUT2D eigenvalue weighted by Crippen LogP contribution is 2.24. The smallest absolute Gasteiger partial charge is 0.195 e. The molecular formula is C17H12ClNO. The molecule has 3 heteroatoms. The maximum absolute atomic E-state index is 12.7. The number of fused-ring (bicyclic) bond motifs is 1. The largest absolute Gasteiger partial charge is 0.289 e. The van der Waals surface area contributed by atoms with Gasteiger partial charge in [0.2, 0.25) is 0 Å². The van der Waals surface area contributed by atoms with Gasteiger partial charge in [-0.3, -0.25) is 9.78 Å². The predicted octanol–water partition coefficient (Wildman–Crippen LogP) is 4.43. The molecule has 0 unspecified atom stereocenters. The standard InChI is InChI=1S/C17H12ClNO/c1-11-13(7-3-9-15(11)18)17(20)14-8-2-5-12-6-4-10-19-16(12)14/h2-10H,1H3. The first-order valence-electron chi connectivity index (χ1n) is 6.32. The van der Waals surface area contributed by atoms with Gasteiger partial charge < -0.3 is 0 Å². The fraction of sp³-hybridized carbons (Fsp3) is 0.0588. The van der Waals surface area contributed by atoms with Gasteiger partial charge in [0.05, 0.1) is 5.52 Å². The summed E-state index contributed by atoms with van der Waals surface area (Å²) in [5, 5.41) is 1.56. The molecule has 98 valence electrons. The first-order valence-corrected chi connectivity index (χ1v) is 6.70. The Morgan fingerprint density at radius 1 is 1.00 bits per heavy atom. The van der Waals surface area contributed by atoms with E-state index in [2.05, 4.69) is 4.98 Å². The third-order valence-corrected chi connectivity index (χ3v) is 3.80. The highest BCUT2D eigenvalue weighted by atomic mass is 35.5. The molecule has 0 radical (unpaired) electrons. The van der Waals surface area contributed by atoms with Crippen molar-refractivity contribution < 1.29 is 4.79 Å². The van der Waals surface area contributed by atoms with Crippen LogP contribution in [0.25, 0.3) is 10.9 Å². The molecule has 1 aromatic heterocycles. The Morgan fingerprint density at radius 2 is 1.70 bits per heavy atom. The number of ketones is 1. The first kappa shape index (κ1) is 12.8. The normalized spacial score (nSPS) is 10.7. The van der Waals surface area contributed by atoms with Crippen LogP contribution in [0.3, 0.4) is 0 Å². The fourth-order valence-electron chi connectivity index (χ4n) is 2.29. The molecule has 0 bridgehead atoms. The van der Waals surface area contributed by atoms with E-state index >= 15 is 0 Å². The lowest BCUT2D eigenvalue weighted by Gasteiger charge is -2.08. The summed E-state index contributed by atoms with van der Waals surface area (Å²) in [5.74, 6) is -0.0469. The van der Waals surface area contributed by atoms with Crippen LogP contribution < -0.4 is 0 Å². The van der Waals surface area contributed by atoms with E-state index in [0.29, 0.717) is 16.1 Å². The molecule has 1 heterocycles.